The first kappa shape index (κ1) is 64.3. The molecule has 70 heavy (non-hydrogen) atoms. The zero-order valence-electron chi connectivity index (χ0n) is 43.8. The highest BCUT2D eigenvalue weighted by Crippen LogP contribution is 2.27. The molecule has 2 fully saturated rings. The Hall–Kier alpha value is -1.79. The van der Waals surface area contributed by atoms with Gasteiger partial charge in [0.1, 0.15) is 54.9 Å². The van der Waals surface area contributed by atoms with Crippen molar-refractivity contribution in [2.75, 3.05) is 33.0 Å². The fraction of sp³-hybridized carbons (Fsp3) is 0.875. The van der Waals surface area contributed by atoms with E-state index in [2.05, 4.69) is 50.3 Å². The van der Waals surface area contributed by atoms with Gasteiger partial charge >= 0.3 is 5.97 Å². The quantitative estimate of drug-likeness (QED) is 0.0172. The van der Waals surface area contributed by atoms with Gasteiger partial charge in [0.15, 0.2) is 12.6 Å². The highest BCUT2D eigenvalue weighted by atomic mass is 16.7. The van der Waals surface area contributed by atoms with Gasteiger partial charge in [-0.2, -0.15) is 0 Å². The number of esters is 1. The van der Waals surface area contributed by atoms with Gasteiger partial charge in [-0.05, 0) is 44.9 Å². The SMILES string of the molecule is CC/C=C\C/C=C\C/C=C\CCCCCC(=O)OC(COCCCCCCCCCCCCCCCCCCCCCCCCC)COC1OC(COC2OC(CO)C(O)C(O)C2O)C(O)C(O)C1O. The molecule has 2 aliphatic heterocycles. The topological polar surface area (TPSA) is 214 Å². The Bertz CT molecular complexity index is 1300. The number of carbonyl (C=O) groups excluding carboxylic acids is 1. The van der Waals surface area contributed by atoms with Crippen molar-refractivity contribution in [2.45, 2.75) is 280 Å². The van der Waals surface area contributed by atoms with Gasteiger partial charge in [-0.25, -0.2) is 0 Å². The normalized spacial score (nSPS) is 25.7. The van der Waals surface area contributed by atoms with Crippen LogP contribution in [0.2, 0.25) is 0 Å². The Kier molecular flexibility index (Phi) is 40.1. The molecule has 2 heterocycles. The van der Waals surface area contributed by atoms with E-state index in [1.54, 1.807) is 0 Å². The number of allylic oxidation sites excluding steroid dienone is 6. The van der Waals surface area contributed by atoms with Crippen molar-refractivity contribution in [3.05, 3.63) is 36.5 Å². The van der Waals surface area contributed by atoms with Crippen LogP contribution in [-0.4, -0.2) is 142 Å². The summed E-state index contributed by atoms with van der Waals surface area (Å²) in [6, 6.07) is 0. The molecule has 0 radical (unpaired) electrons. The molecule has 7 N–H and O–H groups in total. The predicted molar refractivity (Wildman–Crippen MR) is 275 cm³/mol. The van der Waals surface area contributed by atoms with Gasteiger partial charge in [0, 0.05) is 13.0 Å². The summed E-state index contributed by atoms with van der Waals surface area (Å²) < 4.78 is 34.3. The average molecular weight is 999 g/mol. The lowest BCUT2D eigenvalue weighted by Crippen LogP contribution is -2.61. The summed E-state index contributed by atoms with van der Waals surface area (Å²) in [6.07, 6.45) is 33.7. The Labute approximate surface area is 423 Å². The third-order valence-electron chi connectivity index (χ3n) is 13.4. The second-order valence-electron chi connectivity index (χ2n) is 19.7. The number of hydrogen-bond donors (Lipinski definition) is 7. The molecule has 11 unspecified atom stereocenters. The van der Waals surface area contributed by atoms with Crippen molar-refractivity contribution >= 4 is 5.97 Å². The maximum atomic E-state index is 13.0. The Morgan fingerprint density at radius 1 is 0.486 bits per heavy atom. The molecule has 11 atom stereocenters. The molecule has 0 aromatic carbocycles. The maximum absolute atomic E-state index is 13.0. The van der Waals surface area contributed by atoms with Gasteiger partial charge in [0.25, 0.3) is 0 Å². The van der Waals surface area contributed by atoms with Crippen LogP contribution in [-0.2, 0) is 33.2 Å². The summed E-state index contributed by atoms with van der Waals surface area (Å²) in [5.74, 6) is -0.402. The first-order valence-electron chi connectivity index (χ1n) is 28.1. The first-order chi connectivity index (χ1) is 34.1. The maximum Gasteiger partial charge on any atom is 0.306 e. The summed E-state index contributed by atoms with van der Waals surface area (Å²) in [7, 11) is 0. The summed E-state index contributed by atoms with van der Waals surface area (Å²) in [5.41, 5.74) is 0. The molecule has 0 amide bonds. The number of carbonyl (C=O) groups is 1. The van der Waals surface area contributed by atoms with Crippen LogP contribution in [0.3, 0.4) is 0 Å². The van der Waals surface area contributed by atoms with Crippen LogP contribution in [0, 0.1) is 0 Å². The monoisotopic (exact) mass is 999 g/mol. The van der Waals surface area contributed by atoms with E-state index >= 15 is 0 Å². The number of aliphatic hydroxyl groups is 7. The van der Waals surface area contributed by atoms with E-state index in [-0.39, 0.29) is 19.6 Å². The lowest BCUT2D eigenvalue weighted by atomic mass is 9.98. The van der Waals surface area contributed by atoms with Crippen LogP contribution in [0.5, 0.6) is 0 Å². The third-order valence-corrected chi connectivity index (χ3v) is 13.4. The van der Waals surface area contributed by atoms with Crippen LogP contribution in [0.4, 0.5) is 0 Å². The molecule has 2 saturated heterocycles. The average Bonchev–Trinajstić information content (AvgIpc) is 3.36. The van der Waals surface area contributed by atoms with Crippen molar-refractivity contribution in [1.29, 1.82) is 0 Å². The van der Waals surface area contributed by atoms with Gasteiger partial charge < -0.3 is 64.2 Å². The van der Waals surface area contributed by atoms with Gasteiger partial charge in [-0.1, -0.05) is 198 Å². The second kappa shape index (κ2) is 43.6. The minimum Gasteiger partial charge on any atom is -0.457 e. The number of ether oxygens (including phenoxy) is 6. The third kappa shape index (κ3) is 30.4. The molecule has 0 aromatic rings. The fourth-order valence-electron chi connectivity index (χ4n) is 8.89. The largest absolute Gasteiger partial charge is 0.457 e. The number of aliphatic hydroxyl groups excluding tert-OH is 7. The van der Waals surface area contributed by atoms with Crippen molar-refractivity contribution in [3.8, 4) is 0 Å². The van der Waals surface area contributed by atoms with Crippen LogP contribution in [0.1, 0.15) is 213 Å². The standard InChI is InChI=1S/C56H102O14/c1-3-5-7-9-11-13-15-17-18-19-20-21-22-23-24-25-26-28-30-32-34-36-38-40-65-42-45(68-48(58)39-37-35-33-31-29-27-16-14-12-10-8-6-4-2)43-66-55-54(64)52(62)50(60)47(70-55)44-67-56-53(63)51(61)49(59)46(41-57)69-56/h6,8,12,14,27,29,45-47,49-57,59-64H,3-5,7,9-11,13,15-26,28,30-44H2,1-2H3/b8-6-,14-12-,29-27-. The van der Waals surface area contributed by atoms with E-state index in [4.69, 9.17) is 28.4 Å². The van der Waals surface area contributed by atoms with Crippen LogP contribution in [0.25, 0.3) is 0 Å². The highest BCUT2D eigenvalue weighted by molar-refractivity contribution is 5.69. The van der Waals surface area contributed by atoms with E-state index in [9.17, 15) is 40.5 Å². The summed E-state index contributed by atoms with van der Waals surface area (Å²) in [5, 5.41) is 72.2. The minimum atomic E-state index is -1.71. The molecule has 410 valence electrons. The van der Waals surface area contributed by atoms with Crippen molar-refractivity contribution in [3.63, 3.8) is 0 Å². The summed E-state index contributed by atoms with van der Waals surface area (Å²) in [6.45, 7) is 3.56. The van der Waals surface area contributed by atoms with E-state index in [1.807, 2.05) is 0 Å². The highest BCUT2D eigenvalue weighted by Gasteiger charge is 2.47. The molecule has 14 heteroatoms. The van der Waals surface area contributed by atoms with Gasteiger partial charge in [0.05, 0.1) is 26.4 Å². The number of hydrogen-bond acceptors (Lipinski definition) is 14. The molecule has 2 rings (SSSR count). The molecule has 14 nitrogen and oxygen atoms in total. The predicted octanol–water partition coefficient (Wildman–Crippen LogP) is 9.36. The van der Waals surface area contributed by atoms with Crippen LogP contribution < -0.4 is 0 Å². The summed E-state index contributed by atoms with van der Waals surface area (Å²) >= 11 is 0. The van der Waals surface area contributed by atoms with E-state index in [0.717, 1.165) is 57.8 Å². The molecule has 0 bridgehead atoms. The zero-order chi connectivity index (χ0) is 50.9. The minimum absolute atomic E-state index is 0.0524. The lowest BCUT2D eigenvalue weighted by molar-refractivity contribution is -0.332. The Morgan fingerprint density at radius 2 is 0.929 bits per heavy atom. The molecular weight excluding hydrogens is 897 g/mol. The number of unbranched alkanes of at least 4 members (excludes halogenated alkanes) is 25. The van der Waals surface area contributed by atoms with Crippen molar-refractivity contribution < 1.29 is 69.0 Å². The van der Waals surface area contributed by atoms with E-state index < -0.39 is 86.7 Å². The Morgan fingerprint density at radius 3 is 1.44 bits per heavy atom. The molecule has 2 aliphatic rings. The van der Waals surface area contributed by atoms with E-state index in [1.165, 1.54) is 128 Å². The van der Waals surface area contributed by atoms with Crippen molar-refractivity contribution in [1.82, 2.24) is 0 Å². The van der Waals surface area contributed by atoms with Crippen molar-refractivity contribution in [2.24, 2.45) is 0 Å². The second-order valence-corrected chi connectivity index (χ2v) is 19.7. The number of rotatable bonds is 45. The summed E-state index contributed by atoms with van der Waals surface area (Å²) in [4.78, 5) is 13.0. The molecule has 0 aromatic heterocycles. The molecule has 0 saturated carbocycles. The molecule has 0 spiro atoms. The van der Waals surface area contributed by atoms with Gasteiger partial charge in [0.2, 0.25) is 0 Å². The van der Waals surface area contributed by atoms with E-state index in [0.29, 0.717) is 13.0 Å². The lowest BCUT2D eigenvalue weighted by Gasteiger charge is -2.42. The van der Waals surface area contributed by atoms with Gasteiger partial charge in [-0.15, -0.1) is 0 Å². The zero-order valence-corrected chi connectivity index (χ0v) is 43.8. The molecule has 0 aliphatic carbocycles. The smallest absolute Gasteiger partial charge is 0.306 e. The van der Waals surface area contributed by atoms with Crippen LogP contribution in [0.15, 0.2) is 36.5 Å². The van der Waals surface area contributed by atoms with Crippen LogP contribution >= 0.6 is 0 Å². The van der Waals surface area contributed by atoms with Gasteiger partial charge in [-0.3, -0.25) is 4.79 Å². The first-order valence-corrected chi connectivity index (χ1v) is 28.1. The fourth-order valence-corrected chi connectivity index (χ4v) is 8.89. The Balaban J connectivity index is 1.70. The molecular formula is C56H102O14.